The second-order valence-corrected chi connectivity index (χ2v) is 5.13. The van der Waals surface area contributed by atoms with Crippen molar-refractivity contribution in [1.82, 2.24) is 10.5 Å². The number of nitrogens with one attached hydrogen (secondary N) is 1. The van der Waals surface area contributed by atoms with Gasteiger partial charge in [0.2, 0.25) is 0 Å². The van der Waals surface area contributed by atoms with E-state index in [1.807, 2.05) is 27.7 Å². The first-order chi connectivity index (χ1) is 9.38. The summed E-state index contributed by atoms with van der Waals surface area (Å²) < 4.78 is 5.17. The van der Waals surface area contributed by atoms with Crippen molar-refractivity contribution in [2.75, 3.05) is 0 Å². The van der Waals surface area contributed by atoms with E-state index in [0.717, 1.165) is 22.6 Å². The summed E-state index contributed by atoms with van der Waals surface area (Å²) in [6.45, 7) is 7.81. The van der Waals surface area contributed by atoms with Gasteiger partial charge in [-0.25, -0.2) is 0 Å². The van der Waals surface area contributed by atoms with E-state index in [1.165, 1.54) is 6.07 Å². The first kappa shape index (κ1) is 14.4. The third-order valence-electron chi connectivity index (χ3n) is 3.45. The van der Waals surface area contributed by atoms with Crippen molar-refractivity contribution in [3.05, 3.63) is 40.8 Å². The van der Waals surface area contributed by atoms with Crippen LogP contribution in [0.2, 0.25) is 0 Å². The lowest BCUT2D eigenvalue weighted by Gasteiger charge is -2.20. The maximum Gasteiger partial charge on any atom is 0.138 e. The Balaban J connectivity index is 2.17. The van der Waals surface area contributed by atoms with E-state index in [4.69, 9.17) is 4.52 Å². The Bertz CT molecular complexity index is 567. The van der Waals surface area contributed by atoms with Gasteiger partial charge in [-0.1, -0.05) is 5.16 Å². The lowest BCUT2D eigenvalue weighted by atomic mass is 10.0. The summed E-state index contributed by atoms with van der Waals surface area (Å²) in [5.74, 6) is 0.908. The molecule has 0 bridgehead atoms. The molecule has 5 heteroatoms. The maximum absolute atomic E-state index is 9.54. The third-order valence-corrected chi connectivity index (χ3v) is 3.45. The molecule has 0 fully saturated rings. The van der Waals surface area contributed by atoms with Crippen molar-refractivity contribution in [1.29, 1.82) is 0 Å². The fourth-order valence-corrected chi connectivity index (χ4v) is 2.53. The molecule has 3 N–H and O–H groups in total. The van der Waals surface area contributed by atoms with Crippen LogP contribution in [0, 0.1) is 13.8 Å². The van der Waals surface area contributed by atoms with E-state index in [2.05, 4.69) is 10.5 Å². The predicted octanol–water partition coefficient (Wildman–Crippen LogP) is 3.11. The summed E-state index contributed by atoms with van der Waals surface area (Å²) in [6.07, 6.45) is 0. The van der Waals surface area contributed by atoms with Crippen LogP contribution >= 0.6 is 0 Å². The molecule has 0 aliphatic rings. The highest BCUT2D eigenvalue weighted by Gasteiger charge is 2.19. The highest BCUT2D eigenvalue weighted by atomic mass is 16.5. The Morgan fingerprint density at radius 3 is 2.15 bits per heavy atom. The molecule has 0 saturated heterocycles. The number of hydrogen-bond acceptors (Lipinski definition) is 5. The van der Waals surface area contributed by atoms with Crippen LogP contribution in [0.1, 0.15) is 48.5 Å². The molecule has 2 unspecified atom stereocenters. The summed E-state index contributed by atoms with van der Waals surface area (Å²) in [5.41, 5.74) is 2.73. The lowest BCUT2D eigenvalue weighted by Crippen LogP contribution is -2.23. The molecule has 0 radical (unpaired) electrons. The van der Waals surface area contributed by atoms with Gasteiger partial charge in [-0.05, 0) is 45.4 Å². The number of aryl methyl sites for hydroxylation is 2. The van der Waals surface area contributed by atoms with Gasteiger partial charge in [-0.3, -0.25) is 0 Å². The SMILES string of the molecule is Cc1noc(C)c1C(C)NC(C)c1cc(O)cc(O)c1. The van der Waals surface area contributed by atoms with Gasteiger partial charge in [0.15, 0.2) is 0 Å². The summed E-state index contributed by atoms with van der Waals surface area (Å²) >= 11 is 0. The largest absolute Gasteiger partial charge is 0.508 e. The molecule has 0 aliphatic carbocycles. The number of phenolic OH excluding ortho intramolecular Hbond substituents is 2. The van der Waals surface area contributed by atoms with E-state index in [9.17, 15) is 10.2 Å². The normalized spacial score (nSPS) is 14.2. The molecule has 0 saturated carbocycles. The average molecular weight is 276 g/mol. The molecule has 2 rings (SSSR count). The lowest BCUT2D eigenvalue weighted by molar-refractivity contribution is 0.389. The molecule has 20 heavy (non-hydrogen) atoms. The minimum atomic E-state index is -0.0308. The van der Waals surface area contributed by atoms with Crippen molar-refractivity contribution < 1.29 is 14.7 Å². The van der Waals surface area contributed by atoms with Crippen LogP contribution < -0.4 is 5.32 Å². The number of phenols is 2. The number of nitrogens with zero attached hydrogens (tertiary/aromatic N) is 1. The fraction of sp³-hybridized carbons (Fsp3) is 0.400. The second kappa shape index (κ2) is 5.54. The summed E-state index contributed by atoms with van der Waals surface area (Å²) in [7, 11) is 0. The van der Waals surface area contributed by atoms with Crippen LogP contribution in [0.15, 0.2) is 22.7 Å². The molecule has 2 aromatic rings. The van der Waals surface area contributed by atoms with E-state index in [0.29, 0.717) is 0 Å². The van der Waals surface area contributed by atoms with Gasteiger partial charge >= 0.3 is 0 Å². The highest BCUT2D eigenvalue weighted by molar-refractivity contribution is 5.38. The van der Waals surface area contributed by atoms with Crippen LogP contribution in [-0.4, -0.2) is 15.4 Å². The topological polar surface area (TPSA) is 78.5 Å². The number of aromatic hydroxyl groups is 2. The monoisotopic (exact) mass is 276 g/mol. The van der Waals surface area contributed by atoms with Crippen LogP contribution in [0.5, 0.6) is 11.5 Å². The first-order valence-corrected chi connectivity index (χ1v) is 6.60. The number of hydrogen-bond donors (Lipinski definition) is 3. The fourth-order valence-electron chi connectivity index (χ4n) is 2.53. The molecule has 0 spiro atoms. The molecule has 2 atom stereocenters. The van der Waals surface area contributed by atoms with Gasteiger partial charge in [0.05, 0.1) is 5.69 Å². The minimum absolute atomic E-state index is 0.0308. The summed E-state index contributed by atoms with van der Waals surface area (Å²) in [4.78, 5) is 0. The average Bonchev–Trinajstić information content (AvgIpc) is 2.67. The zero-order valence-electron chi connectivity index (χ0n) is 12.1. The third kappa shape index (κ3) is 2.93. The zero-order chi connectivity index (χ0) is 14.9. The van der Waals surface area contributed by atoms with Crippen LogP contribution in [0.25, 0.3) is 0 Å². The molecule has 1 aromatic heterocycles. The van der Waals surface area contributed by atoms with Gasteiger partial charge in [0.25, 0.3) is 0 Å². The zero-order valence-corrected chi connectivity index (χ0v) is 12.1. The van der Waals surface area contributed by atoms with Crippen LogP contribution in [0.3, 0.4) is 0 Å². The maximum atomic E-state index is 9.54. The van der Waals surface area contributed by atoms with Crippen molar-refractivity contribution >= 4 is 0 Å². The van der Waals surface area contributed by atoms with Gasteiger partial charge in [-0.2, -0.15) is 0 Å². The van der Waals surface area contributed by atoms with Crippen LogP contribution in [0.4, 0.5) is 0 Å². The Hall–Kier alpha value is -2.01. The highest BCUT2D eigenvalue weighted by Crippen LogP contribution is 2.28. The van der Waals surface area contributed by atoms with Crippen molar-refractivity contribution in [2.45, 2.75) is 39.8 Å². The van der Waals surface area contributed by atoms with Crippen molar-refractivity contribution in [2.24, 2.45) is 0 Å². The predicted molar refractivity (Wildman–Crippen MR) is 75.7 cm³/mol. The van der Waals surface area contributed by atoms with Gasteiger partial charge < -0.3 is 20.1 Å². The van der Waals surface area contributed by atoms with E-state index < -0.39 is 0 Å². The molecule has 5 nitrogen and oxygen atoms in total. The first-order valence-electron chi connectivity index (χ1n) is 6.60. The molecule has 108 valence electrons. The molecule has 0 aliphatic heterocycles. The Kier molecular flexibility index (Phi) is 3.99. The van der Waals surface area contributed by atoms with E-state index >= 15 is 0 Å². The van der Waals surface area contributed by atoms with E-state index in [1.54, 1.807) is 12.1 Å². The van der Waals surface area contributed by atoms with Gasteiger partial charge in [0, 0.05) is 23.7 Å². The number of benzene rings is 1. The van der Waals surface area contributed by atoms with Crippen LogP contribution in [-0.2, 0) is 0 Å². The standard InChI is InChI=1S/C15H20N2O3/c1-8(12-5-13(18)7-14(19)6-12)16-9(2)15-10(3)17-20-11(15)4/h5-9,16,18-19H,1-4H3. The summed E-state index contributed by atoms with van der Waals surface area (Å²) in [5, 5.41) is 26.4. The number of rotatable bonds is 4. The molecule has 1 heterocycles. The van der Waals surface area contributed by atoms with Gasteiger partial charge in [-0.15, -0.1) is 0 Å². The number of aromatic nitrogens is 1. The molecular weight excluding hydrogens is 256 g/mol. The Morgan fingerprint density at radius 2 is 1.65 bits per heavy atom. The molecular formula is C15H20N2O3. The Morgan fingerprint density at radius 1 is 1.05 bits per heavy atom. The smallest absolute Gasteiger partial charge is 0.138 e. The van der Waals surface area contributed by atoms with Crippen molar-refractivity contribution in [3.8, 4) is 11.5 Å². The second-order valence-electron chi connectivity index (χ2n) is 5.13. The summed E-state index contributed by atoms with van der Waals surface area (Å²) in [6, 6.07) is 4.61. The minimum Gasteiger partial charge on any atom is -0.508 e. The van der Waals surface area contributed by atoms with E-state index in [-0.39, 0.29) is 23.6 Å². The molecule has 0 amide bonds. The van der Waals surface area contributed by atoms with Gasteiger partial charge in [0.1, 0.15) is 17.3 Å². The van der Waals surface area contributed by atoms with Crippen molar-refractivity contribution in [3.63, 3.8) is 0 Å². The Labute approximate surface area is 118 Å². The molecule has 1 aromatic carbocycles. The quantitative estimate of drug-likeness (QED) is 0.799.